The highest BCUT2D eigenvalue weighted by atomic mass is 16.5. The summed E-state index contributed by atoms with van der Waals surface area (Å²) >= 11 is 0. The monoisotopic (exact) mass is 223 g/mol. The molecule has 0 radical (unpaired) electrons. The first-order valence-corrected chi connectivity index (χ1v) is 5.40. The largest absolute Gasteiger partial charge is 0.495 e. The van der Waals surface area contributed by atoms with Crippen molar-refractivity contribution in [1.82, 2.24) is 4.98 Å². The van der Waals surface area contributed by atoms with Gasteiger partial charge < -0.3 is 9.47 Å². The molecule has 4 nitrogen and oxygen atoms in total. The minimum Gasteiger partial charge on any atom is -0.495 e. The number of nitrogens with zero attached hydrogens (tertiary/aromatic N) is 1. The second kappa shape index (κ2) is 6.10. The van der Waals surface area contributed by atoms with E-state index >= 15 is 0 Å². The zero-order valence-corrected chi connectivity index (χ0v) is 9.90. The second-order valence-corrected chi connectivity index (χ2v) is 3.30. The quantitative estimate of drug-likeness (QED) is 0.717. The summed E-state index contributed by atoms with van der Waals surface area (Å²) < 4.78 is 10.2. The molecule has 0 aromatic carbocycles. The number of carbonyl (C=O) groups excluding carboxylic acids is 1. The molecule has 0 fully saturated rings. The normalized spacial score (nSPS) is 11.9. The zero-order valence-electron chi connectivity index (χ0n) is 9.90. The lowest BCUT2D eigenvalue weighted by molar-refractivity contribution is -0.145. The van der Waals surface area contributed by atoms with Crippen molar-refractivity contribution in [2.45, 2.75) is 26.2 Å². The van der Waals surface area contributed by atoms with Gasteiger partial charge in [0.15, 0.2) is 0 Å². The van der Waals surface area contributed by atoms with Gasteiger partial charge in [0.1, 0.15) is 11.7 Å². The number of pyridine rings is 1. The first kappa shape index (κ1) is 12.5. The molecule has 1 aromatic heterocycles. The van der Waals surface area contributed by atoms with Crippen LogP contribution in [0, 0.1) is 0 Å². The van der Waals surface area contributed by atoms with Gasteiger partial charge in [0, 0.05) is 6.20 Å². The van der Waals surface area contributed by atoms with Gasteiger partial charge in [-0.15, -0.1) is 0 Å². The van der Waals surface area contributed by atoms with Crippen molar-refractivity contribution < 1.29 is 14.3 Å². The predicted octanol–water partition coefficient (Wildman–Crippen LogP) is 2.15. The maximum atomic E-state index is 11.7. The summed E-state index contributed by atoms with van der Waals surface area (Å²) in [5.74, 6) is 0.0282. The van der Waals surface area contributed by atoms with Crippen LogP contribution in [-0.4, -0.2) is 24.7 Å². The summed E-state index contributed by atoms with van der Waals surface area (Å²) in [5.41, 5.74) is 0.644. The summed E-state index contributed by atoms with van der Waals surface area (Å²) in [5, 5.41) is 0. The lowest BCUT2D eigenvalue weighted by Gasteiger charge is -2.15. The zero-order chi connectivity index (χ0) is 12.0. The fraction of sp³-hybridized carbons (Fsp3) is 0.500. The van der Waals surface area contributed by atoms with Gasteiger partial charge in [-0.2, -0.15) is 0 Å². The van der Waals surface area contributed by atoms with E-state index in [-0.39, 0.29) is 11.9 Å². The maximum absolute atomic E-state index is 11.7. The highest BCUT2D eigenvalue weighted by molar-refractivity contribution is 5.78. The smallest absolute Gasteiger partial charge is 0.315 e. The van der Waals surface area contributed by atoms with Crippen LogP contribution in [0.3, 0.4) is 0 Å². The molecule has 1 rings (SSSR count). The number of rotatable bonds is 5. The molecule has 0 bridgehead atoms. The second-order valence-electron chi connectivity index (χ2n) is 3.30. The Hall–Kier alpha value is -1.58. The Morgan fingerprint density at radius 1 is 1.50 bits per heavy atom. The molecule has 1 heterocycles. The van der Waals surface area contributed by atoms with Crippen LogP contribution in [0.2, 0.25) is 0 Å². The van der Waals surface area contributed by atoms with E-state index in [0.717, 1.165) is 0 Å². The summed E-state index contributed by atoms with van der Waals surface area (Å²) in [6.45, 7) is 4.10. The average molecular weight is 223 g/mol. The van der Waals surface area contributed by atoms with Crippen LogP contribution in [0.15, 0.2) is 18.3 Å². The van der Waals surface area contributed by atoms with Crippen molar-refractivity contribution >= 4 is 5.97 Å². The minimum absolute atomic E-state index is 0.248. The van der Waals surface area contributed by atoms with Crippen molar-refractivity contribution in [3.05, 3.63) is 24.0 Å². The van der Waals surface area contributed by atoms with Crippen LogP contribution in [0.1, 0.15) is 31.9 Å². The van der Waals surface area contributed by atoms with Crippen molar-refractivity contribution in [3.63, 3.8) is 0 Å². The lowest BCUT2D eigenvalue weighted by Crippen LogP contribution is -2.17. The first-order chi connectivity index (χ1) is 7.74. The molecular formula is C12H17NO3. The first-order valence-electron chi connectivity index (χ1n) is 5.40. The van der Waals surface area contributed by atoms with Crippen molar-refractivity contribution in [2.24, 2.45) is 0 Å². The van der Waals surface area contributed by atoms with Crippen LogP contribution in [0.4, 0.5) is 0 Å². The molecule has 0 aliphatic carbocycles. The van der Waals surface area contributed by atoms with Gasteiger partial charge in [0.05, 0.1) is 19.4 Å². The summed E-state index contributed by atoms with van der Waals surface area (Å²) in [4.78, 5) is 15.9. The Labute approximate surface area is 95.6 Å². The SMILES string of the molecule is CCOC(=O)C(CC)c1ncccc1OC. The molecule has 0 spiro atoms. The van der Waals surface area contributed by atoms with Gasteiger partial charge in [-0.05, 0) is 25.5 Å². The van der Waals surface area contributed by atoms with Crippen LogP contribution in [-0.2, 0) is 9.53 Å². The molecule has 0 saturated carbocycles. The number of methoxy groups -OCH3 is 1. The Balaban J connectivity index is 2.98. The van der Waals surface area contributed by atoms with E-state index in [1.807, 2.05) is 6.92 Å². The molecule has 88 valence electrons. The Bertz CT molecular complexity index is 352. The van der Waals surface area contributed by atoms with Gasteiger partial charge >= 0.3 is 5.97 Å². The fourth-order valence-corrected chi connectivity index (χ4v) is 1.55. The van der Waals surface area contributed by atoms with Crippen molar-refractivity contribution in [1.29, 1.82) is 0 Å². The molecule has 1 unspecified atom stereocenters. The van der Waals surface area contributed by atoms with E-state index in [1.165, 1.54) is 0 Å². The lowest BCUT2D eigenvalue weighted by atomic mass is 10.0. The van der Waals surface area contributed by atoms with Gasteiger partial charge in [-0.3, -0.25) is 9.78 Å². The van der Waals surface area contributed by atoms with E-state index in [4.69, 9.17) is 9.47 Å². The summed E-state index contributed by atoms with van der Waals surface area (Å²) in [6, 6.07) is 3.57. The number of esters is 1. The number of hydrogen-bond donors (Lipinski definition) is 0. The Kier molecular flexibility index (Phi) is 4.76. The molecule has 0 N–H and O–H groups in total. The maximum Gasteiger partial charge on any atom is 0.315 e. The van der Waals surface area contributed by atoms with Crippen LogP contribution in [0.25, 0.3) is 0 Å². The molecule has 0 saturated heterocycles. The molecule has 4 heteroatoms. The summed E-state index contributed by atoms with van der Waals surface area (Å²) in [7, 11) is 1.57. The van der Waals surface area contributed by atoms with E-state index in [0.29, 0.717) is 24.5 Å². The van der Waals surface area contributed by atoms with E-state index in [2.05, 4.69) is 4.98 Å². The molecule has 0 aliphatic rings. The van der Waals surface area contributed by atoms with Crippen molar-refractivity contribution in [2.75, 3.05) is 13.7 Å². The predicted molar refractivity (Wildman–Crippen MR) is 60.5 cm³/mol. The number of hydrogen-bond acceptors (Lipinski definition) is 4. The van der Waals surface area contributed by atoms with Crippen LogP contribution < -0.4 is 4.74 Å². The molecule has 1 aromatic rings. The topological polar surface area (TPSA) is 48.4 Å². The number of carbonyl (C=O) groups is 1. The Morgan fingerprint density at radius 3 is 2.81 bits per heavy atom. The molecule has 0 amide bonds. The van der Waals surface area contributed by atoms with Crippen LogP contribution in [0.5, 0.6) is 5.75 Å². The third-order valence-corrected chi connectivity index (χ3v) is 2.33. The highest BCUT2D eigenvalue weighted by Gasteiger charge is 2.24. The fourth-order valence-electron chi connectivity index (χ4n) is 1.55. The standard InChI is InChI=1S/C12H17NO3/c1-4-9(12(14)16-5-2)11-10(15-3)7-6-8-13-11/h6-9H,4-5H2,1-3H3. The van der Waals surface area contributed by atoms with Crippen LogP contribution >= 0.6 is 0 Å². The molecule has 1 atom stereocenters. The third kappa shape index (κ3) is 2.72. The van der Waals surface area contributed by atoms with Gasteiger partial charge in [-0.1, -0.05) is 6.92 Å². The molecule has 16 heavy (non-hydrogen) atoms. The summed E-state index contributed by atoms with van der Waals surface area (Å²) in [6.07, 6.45) is 2.30. The third-order valence-electron chi connectivity index (χ3n) is 2.33. The molecular weight excluding hydrogens is 206 g/mol. The van der Waals surface area contributed by atoms with Crippen molar-refractivity contribution in [3.8, 4) is 5.75 Å². The molecule has 0 aliphatic heterocycles. The number of aromatic nitrogens is 1. The van der Waals surface area contributed by atoms with Gasteiger partial charge in [-0.25, -0.2) is 0 Å². The number of ether oxygens (including phenoxy) is 2. The highest BCUT2D eigenvalue weighted by Crippen LogP contribution is 2.27. The van der Waals surface area contributed by atoms with E-state index < -0.39 is 0 Å². The van der Waals surface area contributed by atoms with E-state index in [9.17, 15) is 4.79 Å². The van der Waals surface area contributed by atoms with Gasteiger partial charge in [0.25, 0.3) is 0 Å². The van der Waals surface area contributed by atoms with E-state index in [1.54, 1.807) is 32.4 Å². The minimum atomic E-state index is -0.351. The average Bonchev–Trinajstić information content (AvgIpc) is 2.31. The Morgan fingerprint density at radius 2 is 2.25 bits per heavy atom. The van der Waals surface area contributed by atoms with Gasteiger partial charge in [0.2, 0.25) is 0 Å².